The van der Waals surface area contributed by atoms with Gasteiger partial charge >= 0.3 is 6.03 Å². The predicted molar refractivity (Wildman–Crippen MR) is 86.8 cm³/mol. The van der Waals surface area contributed by atoms with E-state index in [1.54, 1.807) is 11.1 Å². The molecule has 1 aromatic heterocycles. The van der Waals surface area contributed by atoms with Crippen molar-refractivity contribution in [2.75, 3.05) is 13.1 Å². The molecule has 1 atom stereocenters. The summed E-state index contributed by atoms with van der Waals surface area (Å²) >= 11 is 0. The van der Waals surface area contributed by atoms with Crippen LogP contribution < -0.4 is 5.32 Å². The van der Waals surface area contributed by atoms with Gasteiger partial charge in [0.05, 0.1) is 12.6 Å². The van der Waals surface area contributed by atoms with Crippen molar-refractivity contribution in [3.05, 3.63) is 53.9 Å². The van der Waals surface area contributed by atoms with Crippen LogP contribution in [0.4, 0.5) is 4.79 Å². The maximum absolute atomic E-state index is 12.2. The maximum Gasteiger partial charge on any atom is 0.317 e. The van der Waals surface area contributed by atoms with E-state index in [9.17, 15) is 9.90 Å². The van der Waals surface area contributed by atoms with E-state index in [-0.39, 0.29) is 6.03 Å². The number of aliphatic hydroxyl groups is 1. The van der Waals surface area contributed by atoms with Crippen LogP contribution in [-0.2, 0) is 13.1 Å². The highest BCUT2D eigenvalue weighted by molar-refractivity contribution is 5.74. The molecular formula is C17H22N4O2. The number of carbonyl (C=O) groups is 1. The average Bonchev–Trinajstić information content (AvgIpc) is 3.07. The fourth-order valence-electron chi connectivity index (χ4n) is 2.87. The van der Waals surface area contributed by atoms with E-state index >= 15 is 0 Å². The number of hydrogen-bond acceptors (Lipinski definition) is 3. The van der Waals surface area contributed by atoms with E-state index in [0.29, 0.717) is 26.2 Å². The predicted octanol–water partition coefficient (Wildman–Crippen LogP) is 1.60. The molecule has 1 saturated heterocycles. The maximum atomic E-state index is 12.2. The third-order valence-corrected chi connectivity index (χ3v) is 4.12. The summed E-state index contributed by atoms with van der Waals surface area (Å²) in [7, 11) is 0. The number of likely N-dealkylation sites (tertiary alicyclic amines) is 1. The van der Waals surface area contributed by atoms with Crippen molar-refractivity contribution in [1.82, 2.24) is 20.0 Å². The largest absolute Gasteiger partial charge is 0.391 e. The first-order valence-corrected chi connectivity index (χ1v) is 7.97. The molecule has 2 heterocycles. The van der Waals surface area contributed by atoms with Gasteiger partial charge in [0.15, 0.2) is 0 Å². The minimum Gasteiger partial charge on any atom is -0.391 e. The quantitative estimate of drug-likeness (QED) is 0.900. The van der Waals surface area contributed by atoms with Crippen molar-refractivity contribution in [3.63, 3.8) is 0 Å². The van der Waals surface area contributed by atoms with Crippen molar-refractivity contribution in [1.29, 1.82) is 0 Å². The molecular weight excluding hydrogens is 292 g/mol. The lowest BCUT2D eigenvalue weighted by Gasteiger charge is -2.30. The zero-order chi connectivity index (χ0) is 16.1. The number of aromatic nitrogens is 2. The number of amides is 2. The highest BCUT2D eigenvalue weighted by atomic mass is 16.3. The molecule has 0 spiro atoms. The fraction of sp³-hybridized carbons (Fsp3) is 0.412. The Labute approximate surface area is 135 Å². The molecule has 23 heavy (non-hydrogen) atoms. The van der Waals surface area contributed by atoms with Crippen LogP contribution in [0.2, 0.25) is 0 Å². The Morgan fingerprint density at radius 2 is 2.13 bits per heavy atom. The van der Waals surface area contributed by atoms with Gasteiger partial charge in [0.25, 0.3) is 0 Å². The van der Waals surface area contributed by atoms with Crippen molar-refractivity contribution in [3.8, 4) is 0 Å². The Balaban J connectivity index is 1.60. The standard InChI is InChI=1S/C17H22N4O2/c22-16-7-3-9-20(13-16)17(23)18-11-14-5-1-2-6-15(14)12-21-10-4-8-19-21/h1-2,4-6,8,10,16,22H,3,7,9,11-13H2,(H,18,23). The Morgan fingerprint density at radius 1 is 1.30 bits per heavy atom. The van der Waals surface area contributed by atoms with Crippen LogP contribution >= 0.6 is 0 Å². The van der Waals surface area contributed by atoms with Crippen molar-refractivity contribution in [2.24, 2.45) is 0 Å². The fourth-order valence-corrected chi connectivity index (χ4v) is 2.87. The second-order valence-electron chi connectivity index (χ2n) is 5.87. The van der Waals surface area contributed by atoms with Gasteiger partial charge in [-0.25, -0.2) is 4.79 Å². The Hall–Kier alpha value is -2.34. The molecule has 0 bridgehead atoms. The van der Waals surface area contributed by atoms with Gasteiger partial charge in [-0.3, -0.25) is 4.68 Å². The zero-order valence-electron chi connectivity index (χ0n) is 13.1. The van der Waals surface area contributed by atoms with Gasteiger partial charge in [0.1, 0.15) is 0 Å². The third-order valence-electron chi connectivity index (χ3n) is 4.12. The number of benzene rings is 1. The lowest BCUT2D eigenvalue weighted by atomic mass is 10.1. The molecule has 2 N–H and O–H groups in total. The van der Waals surface area contributed by atoms with E-state index in [0.717, 1.165) is 24.0 Å². The van der Waals surface area contributed by atoms with Gasteiger partial charge in [-0.2, -0.15) is 5.10 Å². The van der Waals surface area contributed by atoms with Crippen molar-refractivity contribution < 1.29 is 9.90 Å². The van der Waals surface area contributed by atoms with Gasteiger partial charge in [-0.1, -0.05) is 24.3 Å². The summed E-state index contributed by atoms with van der Waals surface area (Å²) in [6.07, 6.45) is 4.90. The van der Waals surface area contributed by atoms with E-state index in [1.165, 1.54) is 0 Å². The normalized spacial score (nSPS) is 18.0. The summed E-state index contributed by atoms with van der Waals surface area (Å²) in [5.74, 6) is 0. The number of rotatable bonds is 4. The lowest BCUT2D eigenvalue weighted by Crippen LogP contribution is -2.46. The summed E-state index contributed by atoms with van der Waals surface area (Å²) in [6.45, 7) is 2.28. The summed E-state index contributed by atoms with van der Waals surface area (Å²) in [5, 5.41) is 16.8. The van der Waals surface area contributed by atoms with Crippen LogP contribution in [0.15, 0.2) is 42.7 Å². The first kappa shape index (κ1) is 15.6. The molecule has 122 valence electrons. The molecule has 0 radical (unpaired) electrons. The number of aliphatic hydroxyl groups excluding tert-OH is 1. The minimum atomic E-state index is -0.401. The summed E-state index contributed by atoms with van der Waals surface area (Å²) in [5.41, 5.74) is 2.21. The molecule has 0 saturated carbocycles. The Morgan fingerprint density at radius 3 is 2.87 bits per heavy atom. The van der Waals surface area contributed by atoms with Crippen LogP contribution in [0.1, 0.15) is 24.0 Å². The smallest absolute Gasteiger partial charge is 0.317 e. The molecule has 1 fully saturated rings. The summed E-state index contributed by atoms with van der Waals surface area (Å²) in [6, 6.07) is 9.81. The van der Waals surface area contributed by atoms with Crippen molar-refractivity contribution in [2.45, 2.75) is 32.0 Å². The number of hydrogen-bond donors (Lipinski definition) is 2. The molecule has 1 unspecified atom stereocenters. The Bertz CT molecular complexity index is 642. The van der Waals surface area contributed by atoms with Crippen LogP contribution in [-0.4, -0.2) is 45.0 Å². The number of nitrogens with one attached hydrogen (secondary N) is 1. The number of piperidine rings is 1. The minimum absolute atomic E-state index is 0.113. The van der Waals surface area contributed by atoms with Gasteiger partial charge in [0, 0.05) is 32.0 Å². The first-order chi connectivity index (χ1) is 11.2. The van der Waals surface area contributed by atoms with Gasteiger partial charge in [-0.05, 0) is 30.0 Å². The second-order valence-corrected chi connectivity index (χ2v) is 5.87. The lowest BCUT2D eigenvalue weighted by molar-refractivity contribution is 0.0841. The monoisotopic (exact) mass is 314 g/mol. The molecule has 6 heteroatoms. The topological polar surface area (TPSA) is 70.4 Å². The molecule has 1 aliphatic rings. The second kappa shape index (κ2) is 7.28. The highest BCUT2D eigenvalue weighted by Gasteiger charge is 2.21. The summed E-state index contributed by atoms with van der Waals surface area (Å²) in [4.78, 5) is 13.9. The van der Waals surface area contributed by atoms with Crippen LogP contribution in [0.3, 0.4) is 0 Å². The first-order valence-electron chi connectivity index (χ1n) is 7.97. The van der Waals surface area contributed by atoms with Crippen LogP contribution in [0.5, 0.6) is 0 Å². The molecule has 3 rings (SSSR count). The number of urea groups is 1. The van der Waals surface area contributed by atoms with E-state index in [2.05, 4.69) is 10.4 Å². The third kappa shape index (κ3) is 4.10. The number of nitrogens with zero attached hydrogens (tertiary/aromatic N) is 3. The highest BCUT2D eigenvalue weighted by Crippen LogP contribution is 2.12. The van der Waals surface area contributed by atoms with Gasteiger partial charge < -0.3 is 15.3 Å². The molecule has 1 aromatic carbocycles. The summed E-state index contributed by atoms with van der Waals surface area (Å²) < 4.78 is 1.86. The SMILES string of the molecule is O=C(NCc1ccccc1Cn1cccn1)N1CCCC(O)C1. The number of β-amino-alcohol motifs (C(OH)–C–C–N with tert-alkyl or cyclic N) is 1. The molecule has 0 aliphatic carbocycles. The number of carbonyl (C=O) groups excluding carboxylic acids is 1. The Kier molecular flexibility index (Phi) is 4.92. The van der Waals surface area contributed by atoms with Crippen molar-refractivity contribution >= 4 is 6.03 Å². The van der Waals surface area contributed by atoms with Crippen LogP contribution in [0.25, 0.3) is 0 Å². The van der Waals surface area contributed by atoms with Crippen LogP contribution in [0, 0.1) is 0 Å². The zero-order valence-corrected chi connectivity index (χ0v) is 13.1. The van der Waals surface area contributed by atoms with Gasteiger partial charge in [-0.15, -0.1) is 0 Å². The van der Waals surface area contributed by atoms with E-state index in [1.807, 2.05) is 41.2 Å². The van der Waals surface area contributed by atoms with Gasteiger partial charge in [0.2, 0.25) is 0 Å². The molecule has 6 nitrogen and oxygen atoms in total. The van der Waals surface area contributed by atoms with E-state index < -0.39 is 6.10 Å². The molecule has 1 aliphatic heterocycles. The molecule has 2 aromatic rings. The average molecular weight is 314 g/mol. The van der Waals surface area contributed by atoms with E-state index in [4.69, 9.17) is 0 Å². The molecule has 2 amide bonds.